The van der Waals surface area contributed by atoms with Crippen molar-refractivity contribution < 1.29 is 17.9 Å². The second-order valence-electron chi connectivity index (χ2n) is 8.91. The smallest absolute Gasteiger partial charge is 0.410 e. The van der Waals surface area contributed by atoms with E-state index in [4.69, 9.17) is 4.74 Å². The molecule has 0 spiro atoms. The fourth-order valence-electron chi connectivity index (χ4n) is 3.39. The summed E-state index contributed by atoms with van der Waals surface area (Å²) in [6.07, 6.45) is 2.19. The quantitative estimate of drug-likeness (QED) is 0.573. The molecule has 3 aromatic rings. The molecule has 1 heterocycles. The fourth-order valence-corrected chi connectivity index (χ4v) is 4.68. The molecule has 0 saturated carbocycles. The summed E-state index contributed by atoms with van der Waals surface area (Å²) in [4.78, 5) is 14.3. The lowest BCUT2D eigenvalue weighted by Crippen LogP contribution is -2.35. The number of aryl methyl sites for hydroxylation is 2. The van der Waals surface area contributed by atoms with Crippen LogP contribution in [-0.4, -0.2) is 43.2 Å². The van der Waals surface area contributed by atoms with Crippen LogP contribution in [0, 0.1) is 6.92 Å². The van der Waals surface area contributed by atoms with Crippen LogP contribution in [-0.2, 0) is 28.0 Å². The molecule has 0 radical (unpaired) electrons. The number of likely N-dealkylation sites (N-methyl/N-ethyl adjacent to an activating group) is 1. The topological polar surface area (TPSA) is 68.6 Å². The van der Waals surface area contributed by atoms with Gasteiger partial charge in [-0.25, -0.2) is 13.2 Å². The molecule has 1 amide bonds. The fraction of sp³-hybridized carbons (Fsp3) is 0.375. The summed E-state index contributed by atoms with van der Waals surface area (Å²) in [5.74, 6) is 0. The van der Waals surface area contributed by atoms with Crippen LogP contribution in [0.25, 0.3) is 10.9 Å². The number of ether oxygens (including phenoxy) is 1. The van der Waals surface area contributed by atoms with Crippen molar-refractivity contribution in [2.75, 3.05) is 13.6 Å². The number of benzene rings is 2. The Hall–Kier alpha value is -2.80. The Labute approximate surface area is 184 Å². The molecule has 0 atom stereocenters. The van der Waals surface area contributed by atoms with Gasteiger partial charge in [0.25, 0.3) is 0 Å². The van der Waals surface area contributed by atoms with E-state index >= 15 is 0 Å². The van der Waals surface area contributed by atoms with E-state index < -0.39 is 15.4 Å². The van der Waals surface area contributed by atoms with Gasteiger partial charge in [-0.3, -0.25) is 0 Å². The number of aromatic nitrogens is 1. The maximum absolute atomic E-state index is 13.1. The summed E-state index contributed by atoms with van der Waals surface area (Å²) in [7, 11) is 0.0155. The van der Waals surface area contributed by atoms with Crippen molar-refractivity contribution >= 4 is 26.8 Å². The number of nitrogens with zero attached hydrogens (tertiary/aromatic N) is 2. The molecular weight excluding hydrogens is 412 g/mol. The van der Waals surface area contributed by atoms with Gasteiger partial charge < -0.3 is 14.2 Å². The van der Waals surface area contributed by atoms with Gasteiger partial charge in [0, 0.05) is 37.7 Å². The number of fused-ring (bicyclic) bond motifs is 1. The molecule has 0 aliphatic heterocycles. The SMILES string of the molecule is Cc1ccc(S(=O)(=O)c2ccc3c(c2)c(CCN(C)C(=O)OC(C)(C)C)cn3C)cc1. The van der Waals surface area contributed by atoms with Crippen LogP contribution in [0.4, 0.5) is 4.79 Å². The number of hydrogen-bond donors (Lipinski definition) is 0. The summed E-state index contributed by atoms with van der Waals surface area (Å²) in [6.45, 7) is 7.88. The molecule has 0 fully saturated rings. The third kappa shape index (κ3) is 5.10. The van der Waals surface area contributed by atoms with Crippen molar-refractivity contribution in [2.24, 2.45) is 7.05 Å². The number of carbonyl (C=O) groups is 1. The number of carbonyl (C=O) groups excluding carboxylic acids is 1. The van der Waals surface area contributed by atoms with Crippen molar-refractivity contribution in [1.29, 1.82) is 0 Å². The summed E-state index contributed by atoms with van der Waals surface area (Å²) in [5.41, 5.74) is 2.38. The van der Waals surface area contributed by atoms with Crippen LogP contribution in [0.3, 0.4) is 0 Å². The molecule has 1 aromatic heterocycles. The monoisotopic (exact) mass is 442 g/mol. The third-order valence-electron chi connectivity index (χ3n) is 5.11. The Bertz CT molecular complexity index is 1200. The average Bonchev–Trinajstić information content (AvgIpc) is 3.00. The maximum Gasteiger partial charge on any atom is 0.410 e. The highest BCUT2D eigenvalue weighted by Gasteiger charge is 2.21. The first-order valence-electron chi connectivity index (χ1n) is 10.2. The summed E-state index contributed by atoms with van der Waals surface area (Å²) >= 11 is 0. The lowest BCUT2D eigenvalue weighted by atomic mass is 10.1. The second-order valence-corrected chi connectivity index (χ2v) is 10.9. The zero-order valence-electron chi connectivity index (χ0n) is 19.0. The first kappa shape index (κ1) is 22.9. The Balaban J connectivity index is 1.89. The van der Waals surface area contributed by atoms with E-state index in [0.29, 0.717) is 13.0 Å². The van der Waals surface area contributed by atoms with Gasteiger partial charge in [-0.2, -0.15) is 0 Å². The predicted octanol–water partition coefficient (Wildman–Crippen LogP) is 4.73. The van der Waals surface area contributed by atoms with E-state index in [1.54, 1.807) is 43.4 Å². The molecule has 31 heavy (non-hydrogen) atoms. The summed E-state index contributed by atoms with van der Waals surface area (Å²) in [6, 6.07) is 12.1. The van der Waals surface area contributed by atoms with Crippen LogP contribution in [0.15, 0.2) is 58.5 Å². The molecule has 3 rings (SSSR count). The third-order valence-corrected chi connectivity index (χ3v) is 6.87. The van der Waals surface area contributed by atoms with E-state index in [9.17, 15) is 13.2 Å². The molecule has 0 unspecified atom stereocenters. The van der Waals surface area contributed by atoms with Crippen molar-refractivity contribution in [3.63, 3.8) is 0 Å². The normalized spacial score (nSPS) is 12.2. The molecule has 0 bridgehead atoms. The lowest BCUT2D eigenvalue weighted by molar-refractivity contribution is 0.0301. The van der Waals surface area contributed by atoms with E-state index in [1.807, 2.05) is 51.6 Å². The minimum absolute atomic E-state index is 0.261. The van der Waals surface area contributed by atoms with Gasteiger partial charge in [0.1, 0.15) is 5.60 Å². The zero-order valence-corrected chi connectivity index (χ0v) is 19.8. The van der Waals surface area contributed by atoms with Gasteiger partial charge in [-0.05, 0) is 70.0 Å². The molecule has 0 aliphatic carbocycles. The highest BCUT2D eigenvalue weighted by atomic mass is 32.2. The Kier molecular flexibility index (Phi) is 6.18. The summed E-state index contributed by atoms with van der Waals surface area (Å²) in [5, 5.41) is 0.869. The first-order chi connectivity index (χ1) is 14.4. The van der Waals surface area contributed by atoms with Gasteiger partial charge in [0.05, 0.1) is 9.79 Å². The average molecular weight is 443 g/mol. The van der Waals surface area contributed by atoms with Crippen LogP contribution in [0.5, 0.6) is 0 Å². The largest absolute Gasteiger partial charge is 0.444 e. The first-order valence-corrected chi connectivity index (χ1v) is 11.7. The Morgan fingerprint density at radius 2 is 1.68 bits per heavy atom. The number of sulfone groups is 1. The van der Waals surface area contributed by atoms with Crippen molar-refractivity contribution in [2.45, 2.75) is 49.5 Å². The van der Waals surface area contributed by atoms with E-state index in [2.05, 4.69) is 0 Å². The molecule has 166 valence electrons. The zero-order chi connectivity index (χ0) is 23.0. The van der Waals surface area contributed by atoms with Gasteiger partial charge >= 0.3 is 6.09 Å². The highest BCUT2D eigenvalue weighted by Crippen LogP contribution is 2.28. The van der Waals surface area contributed by atoms with Crippen LogP contribution >= 0.6 is 0 Å². The van der Waals surface area contributed by atoms with Crippen LogP contribution < -0.4 is 0 Å². The maximum atomic E-state index is 13.1. The Morgan fingerprint density at radius 1 is 1.06 bits per heavy atom. The Morgan fingerprint density at radius 3 is 2.29 bits per heavy atom. The van der Waals surface area contributed by atoms with Crippen molar-refractivity contribution in [3.8, 4) is 0 Å². The molecule has 0 N–H and O–H groups in total. The molecular formula is C24H30N2O4S. The molecule has 0 saturated heterocycles. The van der Waals surface area contributed by atoms with Crippen LogP contribution in [0.1, 0.15) is 31.9 Å². The number of hydrogen-bond acceptors (Lipinski definition) is 4. The standard InChI is InChI=1S/C24H30N2O4S/c1-17-7-9-19(10-8-17)31(28,29)20-11-12-22-21(15-20)18(16-26(22)6)13-14-25(5)23(27)30-24(2,3)4/h7-12,15-16H,13-14H2,1-6H3. The molecule has 7 heteroatoms. The van der Waals surface area contributed by atoms with E-state index in [-0.39, 0.29) is 15.9 Å². The van der Waals surface area contributed by atoms with E-state index in [1.165, 1.54) is 4.90 Å². The lowest BCUT2D eigenvalue weighted by Gasteiger charge is -2.24. The van der Waals surface area contributed by atoms with E-state index in [0.717, 1.165) is 22.0 Å². The molecule has 0 aliphatic rings. The minimum atomic E-state index is -3.61. The molecule has 6 nitrogen and oxygen atoms in total. The van der Waals surface area contributed by atoms with Gasteiger partial charge in [0.2, 0.25) is 9.84 Å². The minimum Gasteiger partial charge on any atom is -0.444 e. The molecule has 2 aromatic carbocycles. The van der Waals surface area contributed by atoms with Crippen LogP contribution in [0.2, 0.25) is 0 Å². The van der Waals surface area contributed by atoms with Crippen molar-refractivity contribution in [1.82, 2.24) is 9.47 Å². The second kappa shape index (κ2) is 8.38. The van der Waals surface area contributed by atoms with Gasteiger partial charge in [-0.1, -0.05) is 17.7 Å². The number of rotatable bonds is 5. The van der Waals surface area contributed by atoms with Crippen molar-refractivity contribution in [3.05, 3.63) is 59.8 Å². The van der Waals surface area contributed by atoms with Gasteiger partial charge in [0.15, 0.2) is 0 Å². The summed E-state index contributed by atoms with van der Waals surface area (Å²) < 4.78 is 33.6. The number of amides is 1. The highest BCUT2D eigenvalue weighted by molar-refractivity contribution is 7.91. The van der Waals surface area contributed by atoms with Gasteiger partial charge in [-0.15, -0.1) is 0 Å². The predicted molar refractivity (Wildman–Crippen MR) is 122 cm³/mol.